The number of hydrogen-bond donors (Lipinski definition) is 2. The molecule has 1 saturated heterocycles. The molecule has 1 amide bonds. The first-order valence-electron chi connectivity index (χ1n) is 9.45. The van der Waals surface area contributed by atoms with Crippen molar-refractivity contribution in [3.63, 3.8) is 0 Å². The molecule has 1 fully saturated rings. The molecule has 1 aromatic carbocycles. The average molecular weight is 436 g/mol. The van der Waals surface area contributed by atoms with Crippen LogP contribution < -0.4 is 10.5 Å². The fourth-order valence-corrected chi connectivity index (χ4v) is 3.55. The van der Waals surface area contributed by atoms with Gasteiger partial charge in [-0.2, -0.15) is 13.2 Å². The van der Waals surface area contributed by atoms with Crippen LogP contribution in [0.25, 0.3) is 22.4 Å². The Hall–Kier alpha value is -3.18. The lowest BCUT2D eigenvalue weighted by molar-refractivity contribution is -0.140. The van der Waals surface area contributed by atoms with Gasteiger partial charge in [-0.3, -0.25) is 4.79 Å². The van der Waals surface area contributed by atoms with Gasteiger partial charge in [0.1, 0.15) is 17.0 Å². The van der Waals surface area contributed by atoms with Crippen molar-refractivity contribution in [3.8, 4) is 17.2 Å². The number of pyridine rings is 1. The van der Waals surface area contributed by atoms with Gasteiger partial charge in [0.2, 0.25) is 5.89 Å². The molecule has 1 aliphatic heterocycles. The van der Waals surface area contributed by atoms with E-state index in [0.29, 0.717) is 23.9 Å². The molecule has 0 bridgehead atoms. The molecule has 11 heteroatoms. The Balaban J connectivity index is 1.82. The van der Waals surface area contributed by atoms with Gasteiger partial charge in [-0.15, -0.1) is 0 Å². The van der Waals surface area contributed by atoms with Crippen LogP contribution in [0.5, 0.6) is 5.75 Å². The van der Waals surface area contributed by atoms with E-state index in [-0.39, 0.29) is 41.7 Å². The molecule has 3 heterocycles. The lowest BCUT2D eigenvalue weighted by Crippen LogP contribution is -2.30. The Labute approximate surface area is 174 Å². The number of methoxy groups -OCH3 is 1. The van der Waals surface area contributed by atoms with Crippen LogP contribution in [0.1, 0.15) is 28.4 Å². The lowest BCUT2D eigenvalue weighted by atomic mass is 10.1. The third-order valence-corrected chi connectivity index (χ3v) is 5.10. The Bertz CT molecular complexity index is 1150. The number of aliphatic hydroxyl groups is 1. The predicted molar refractivity (Wildman–Crippen MR) is 103 cm³/mol. The summed E-state index contributed by atoms with van der Waals surface area (Å²) in [5.74, 6) is -0.108. The number of nitrogens with zero attached hydrogens (tertiary/aromatic N) is 3. The third-order valence-electron chi connectivity index (χ3n) is 5.10. The number of alkyl halides is 3. The summed E-state index contributed by atoms with van der Waals surface area (Å²) in [7, 11) is 1.33. The number of benzene rings is 1. The summed E-state index contributed by atoms with van der Waals surface area (Å²) < 4.78 is 50.3. The monoisotopic (exact) mass is 436 g/mol. The topological polar surface area (TPSA) is 115 Å². The molecule has 8 nitrogen and oxygen atoms in total. The molecular formula is C20H19F3N4O4. The van der Waals surface area contributed by atoms with Gasteiger partial charge in [0, 0.05) is 24.0 Å². The van der Waals surface area contributed by atoms with Crippen LogP contribution in [0, 0.1) is 0 Å². The first-order chi connectivity index (χ1) is 14.7. The highest BCUT2D eigenvalue weighted by molar-refractivity contribution is 5.98. The van der Waals surface area contributed by atoms with Crippen molar-refractivity contribution in [1.29, 1.82) is 0 Å². The summed E-state index contributed by atoms with van der Waals surface area (Å²) in [6.45, 7) is 0.456. The number of likely N-dealkylation sites (tertiary alicyclic amines) is 1. The number of β-amino-alcohol motifs (C(OH)–C–C–N with tert-alkyl or cyclic N) is 1. The first kappa shape index (κ1) is 21.1. The zero-order chi connectivity index (χ0) is 22.3. The second kappa shape index (κ2) is 7.82. The van der Waals surface area contributed by atoms with Crippen molar-refractivity contribution < 1.29 is 32.2 Å². The number of oxazole rings is 1. The SMILES string of the molecule is COc1ccc(-c2nc(C(=O)N3CC[C@@H](O)C3)c(CN)o2)c2ccc(C(F)(F)F)nc12. The molecule has 4 rings (SSSR count). The Morgan fingerprint density at radius 3 is 2.71 bits per heavy atom. The molecule has 31 heavy (non-hydrogen) atoms. The average Bonchev–Trinajstić information content (AvgIpc) is 3.37. The van der Waals surface area contributed by atoms with Gasteiger partial charge in [-0.25, -0.2) is 9.97 Å². The van der Waals surface area contributed by atoms with Gasteiger partial charge in [-0.1, -0.05) is 0 Å². The molecule has 0 unspecified atom stereocenters. The Morgan fingerprint density at radius 2 is 2.10 bits per heavy atom. The number of fused-ring (bicyclic) bond motifs is 1. The zero-order valence-electron chi connectivity index (χ0n) is 16.4. The van der Waals surface area contributed by atoms with E-state index >= 15 is 0 Å². The summed E-state index contributed by atoms with van der Waals surface area (Å²) in [5, 5.41) is 10.0. The first-order valence-corrected chi connectivity index (χ1v) is 9.45. The molecular weight excluding hydrogens is 417 g/mol. The summed E-state index contributed by atoms with van der Waals surface area (Å²) >= 11 is 0. The second-order valence-corrected chi connectivity index (χ2v) is 7.09. The largest absolute Gasteiger partial charge is 0.494 e. The minimum Gasteiger partial charge on any atom is -0.494 e. The van der Waals surface area contributed by atoms with Crippen LogP contribution in [0.3, 0.4) is 0 Å². The number of hydrogen-bond acceptors (Lipinski definition) is 7. The molecule has 164 valence electrons. The molecule has 0 radical (unpaired) electrons. The van der Waals surface area contributed by atoms with E-state index in [4.69, 9.17) is 14.9 Å². The Morgan fingerprint density at radius 1 is 1.32 bits per heavy atom. The number of carbonyl (C=O) groups is 1. The fourth-order valence-electron chi connectivity index (χ4n) is 3.55. The van der Waals surface area contributed by atoms with Crippen LogP contribution in [0.15, 0.2) is 28.7 Å². The van der Waals surface area contributed by atoms with E-state index in [1.54, 1.807) is 6.07 Å². The number of aliphatic hydroxyl groups excluding tert-OH is 1. The van der Waals surface area contributed by atoms with Gasteiger partial charge < -0.3 is 24.9 Å². The molecule has 0 spiro atoms. The van der Waals surface area contributed by atoms with Crippen molar-refractivity contribution >= 4 is 16.8 Å². The van der Waals surface area contributed by atoms with Gasteiger partial charge in [0.05, 0.1) is 19.8 Å². The smallest absolute Gasteiger partial charge is 0.433 e. The number of ether oxygens (including phenoxy) is 1. The van der Waals surface area contributed by atoms with Crippen LogP contribution in [-0.2, 0) is 12.7 Å². The molecule has 1 atom stereocenters. The normalized spacial score (nSPS) is 16.8. The van der Waals surface area contributed by atoms with E-state index in [9.17, 15) is 23.1 Å². The zero-order valence-corrected chi connectivity index (χ0v) is 16.4. The second-order valence-electron chi connectivity index (χ2n) is 7.09. The van der Waals surface area contributed by atoms with E-state index in [0.717, 1.165) is 6.07 Å². The van der Waals surface area contributed by atoms with Crippen LogP contribution in [-0.4, -0.2) is 52.2 Å². The van der Waals surface area contributed by atoms with Crippen molar-refractivity contribution in [1.82, 2.24) is 14.9 Å². The fraction of sp³-hybridized carbons (Fsp3) is 0.350. The van der Waals surface area contributed by atoms with Crippen molar-refractivity contribution in [2.45, 2.75) is 25.2 Å². The van der Waals surface area contributed by atoms with Crippen LogP contribution >= 0.6 is 0 Å². The summed E-state index contributed by atoms with van der Waals surface area (Å²) in [6.07, 6.45) is -4.76. The summed E-state index contributed by atoms with van der Waals surface area (Å²) in [5.41, 5.74) is 4.99. The van der Waals surface area contributed by atoms with E-state index < -0.39 is 23.9 Å². The number of aromatic nitrogens is 2. The molecule has 1 aliphatic rings. The molecule has 3 N–H and O–H groups in total. The number of halogens is 3. The third kappa shape index (κ3) is 3.81. The highest BCUT2D eigenvalue weighted by atomic mass is 19.4. The Kier molecular flexibility index (Phi) is 5.31. The lowest BCUT2D eigenvalue weighted by Gasteiger charge is -2.13. The van der Waals surface area contributed by atoms with Crippen molar-refractivity contribution in [3.05, 3.63) is 41.4 Å². The predicted octanol–water partition coefficient (Wildman–Crippen LogP) is 2.58. The van der Waals surface area contributed by atoms with Crippen LogP contribution in [0.2, 0.25) is 0 Å². The number of rotatable bonds is 4. The molecule has 0 saturated carbocycles. The van der Waals surface area contributed by atoms with E-state index in [1.807, 2.05) is 0 Å². The van der Waals surface area contributed by atoms with E-state index in [1.165, 1.54) is 24.1 Å². The molecule has 0 aliphatic carbocycles. The van der Waals surface area contributed by atoms with Crippen molar-refractivity contribution in [2.24, 2.45) is 5.73 Å². The van der Waals surface area contributed by atoms with Crippen molar-refractivity contribution in [2.75, 3.05) is 20.2 Å². The number of carbonyl (C=O) groups excluding carboxylic acids is 1. The number of nitrogens with two attached hydrogens (primary N) is 1. The minimum atomic E-state index is -4.62. The molecule has 3 aromatic rings. The number of amides is 1. The van der Waals surface area contributed by atoms with Gasteiger partial charge >= 0.3 is 6.18 Å². The highest BCUT2D eigenvalue weighted by Crippen LogP contribution is 2.37. The highest BCUT2D eigenvalue weighted by Gasteiger charge is 2.34. The quantitative estimate of drug-likeness (QED) is 0.646. The minimum absolute atomic E-state index is 0.00967. The maximum absolute atomic E-state index is 13.1. The summed E-state index contributed by atoms with van der Waals surface area (Å²) in [4.78, 5) is 22.3. The maximum atomic E-state index is 13.1. The van der Waals surface area contributed by atoms with Gasteiger partial charge in [-0.05, 0) is 30.7 Å². The summed E-state index contributed by atoms with van der Waals surface area (Å²) in [6, 6.07) is 5.13. The van der Waals surface area contributed by atoms with Gasteiger partial charge in [0.15, 0.2) is 11.5 Å². The standard InChI is InChI=1S/C20H19F3N4O4/c1-30-13-4-2-12(11-3-5-15(20(21,22)23)25-16(11)13)18-26-17(14(8-24)31-18)19(29)27-7-6-10(28)9-27/h2-5,10,28H,6-9,24H2,1H3/t10-/m1/s1. The maximum Gasteiger partial charge on any atom is 0.433 e. The van der Waals surface area contributed by atoms with Gasteiger partial charge in [0.25, 0.3) is 5.91 Å². The van der Waals surface area contributed by atoms with Crippen LogP contribution in [0.4, 0.5) is 13.2 Å². The van der Waals surface area contributed by atoms with E-state index in [2.05, 4.69) is 9.97 Å². The molecule has 2 aromatic heterocycles.